The van der Waals surface area contributed by atoms with Gasteiger partial charge in [-0.2, -0.15) is 10.1 Å². The lowest BCUT2D eigenvalue weighted by atomic mass is 9.98. The molecule has 0 aromatic carbocycles. The van der Waals surface area contributed by atoms with Crippen molar-refractivity contribution in [3.05, 3.63) is 27.2 Å². The number of carbonyl (C=O) groups excluding carboxylic acids is 1. The zero-order valence-electron chi connectivity index (χ0n) is 15.1. The number of thiophene rings is 1. The first-order chi connectivity index (χ1) is 12.2. The third-order valence-electron chi connectivity index (χ3n) is 5.18. The summed E-state index contributed by atoms with van der Waals surface area (Å²) in [6.07, 6.45) is 8.07. The minimum Gasteiger partial charge on any atom is -0.317 e. The van der Waals surface area contributed by atoms with Crippen molar-refractivity contribution in [3.8, 4) is 0 Å². The summed E-state index contributed by atoms with van der Waals surface area (Å²) >= 11 is 1.64. The summed E-state index contributed by atoms with van der Waals surface area (Å²) in [7, 11) is 1.84. The summed E-state index contributed by atoms with van der Waals surface area (Å²) in [5.41, 5.74) is 1.36. The summed E-state index contributed by atoms with van der Waals surface area (Å²) < 4.78 is 1.69. The van der Waals surface area contributed by atoms with E-state index in [-0.39, 0.29) is 18.3 Å². The van der Waals surface area contributed by atoms with Crippen molar-refractivity contribution in [3.63, 3.8) is 0 Å². The van der Waals surface area contributed by atoms with E-state index in [9.17, 15) is 4.79 Å². The molecule has 2 aromatic rings. The molecule has 0 atom stereocenters. The summed E-state index contributed by atoms with van der Waals surface area (Å²) in [5.74, 6) is 1.71. The van der Waals surface area contributed by atoms with Gasteiger partial charge in [-0.05, 0) is 63.2 Å². The van der Waals surface area contributed by atoms with Crippen LogP contribution in [-0.4, -0.2) is 33.8 Å². The van der Waals surface area contributed by atoms with Crippen molar-refractivity contribution in [1.29, 1.82) is 0 Å². The van der Waals surface area contributed by atoms with Gasteiger partial charge in [-0.3, -0.25) is 10.1 Å². The Balaban J connectivity index is 0.00000196. The number of halogens is 1. The number of anilines is 1. The number of nitrogens with zero attached hydrogens (tertiary/aromatic N) is 3. The Hall–Kier alpha value is -1.44. The van der Waals surface area contributed by atoms with Crippen molar-refractivity contribution < 1.29 is 4.79 Å². The number of piperidine rings is 1. The van der Waals surface area contributed by atoms with Crippen molar-refractivity contribution in [2.24, 2.45) is 7.05 Å². The predicted molar refractivity (Wildman–Crippen MR) is 107 cm³/mol. The van der Waals surface area contributed by atoms with Crippen LogP contribution in [0.15, 0.2) is 6.07 Å². The second kappa shape index (κ2) is 8.50. The summed E-state index contributed by atoms with van der Waals surface area (Å²) in [4.78, 5) is 19.4. The van der Waals surface area contributed by atoms with Crippen LogP contribution in [0, 0.1) is 0 Å². The van der Waals surface area contributed by atoms with Gasteiger partial charge in [-0.15, -0.1) is 23.7 Å². The van der Waals surface area contributed by atoms with Crippen molar-refractivity contribution in [1.82, 2.24) is 20.1 Å². The van der Waals surface area contributed by atoms with Crippen LogP contribution in [0.5, 0.6) is 0 Å². The Morgan fingerprint density at radius 1 is 1.27 bits per heavy atom. The standard InChI is InChI=1S/C18H25N5OS.ClH/c1-23-18(20-16(22-23)12-7-9-19-10-8-12)21-17(24)15-11-13-5-3-2-4-6-14(13)25-15;/h11-12,19H,2-10H2,1H3,(H,20,21,22,24);1H. The summed E-state index contributed by atoms with van der Waals surface area (Å²) in [6.45, 7) is 2.01. The molecule has 0 radical (unpaired) electrons. The number of nitrogens with one attached hydrogen (secondary N) is 2. The summed E-state index contributed by atoms with van der Waals surface area (Å²) in [6, 6.07) is 2.07. The highest BCUT2D eigenvalue weighted by Gasteiger charge is 2.22. The van der Waals surface area contributed by atoms with E-state index in [4.69, 9.17) is 0 Å². The molecule has 4 rings (SSSR count). The van der Waals surface area contributed by atoms with Crippen LogP contribution in [0.25, 0.3) is 0 Å². The summed E-state index contributed by atoms with van der Waals surface area (Å²) in [5, 5.41) is 10.8. The van der Waals surface area contributed by atoms with Gasteiger partial charge in [0.1, 0.15) is 0 Å². The van der Waals surface area contributed by atoms with E-state index in [1.807, 2.05) is 7.05 Å². The maximum Gasteiger partial charge on any atom is 0.268 e. The highest BCUT2D eigenvalue weighted by molar-refractivity contribution is 7.14. The van der Waals surface area contributed by atoms with E-state index >= 15 is 0 Å². The molecular formula is C18H26ClN5OS. The molecule has 6 nitrogen and oxygen atoms in total. The molecule has 1 saturated heterocycles. The number of carbonyl (C=O) groups is 1. The highest BCUT2D eigenvalue weighted by atomic mass is 35.5. The van der Waals surface area contributed by atoms with Crippen LogP contribution < -0.4 is 10.6 Å². The Morgan fingerprint density at radius 3 is 2.85 bits per heavy atom. The molecule has 8 heteroatoms. The molecule has 142 valence electrons. The second-order valence-corrected chi connectivity index (χ2v) is 8.15. The number of rotatable bonds is 3. The average molecular weight is 396 g/mol. The largest absolute Gasteiger partial charge is 0.317 e. The van der Waals surface area contributed by atoms with Crippen LogP contribution in [0.2, 0.25) is 0 Å². The highest BCUT2D eigenvalue weighted by Crippen LogP contribution is 2.29. The average Bonchev–Trinajstić information content (AvgIpc) is 3.13. The maximum atomic E-state index is 12.7. The molecule has 1 aliphatic carbocycles. The van der Waals surface area contributed by atoms with Gasteiger partial charge < -0.3 is 5.32 Å². The van der Waals surface area contributed by atoms with Crippen LogP contribution in [-0.2, 0) is 19.9 Å². The van der Waals surface area contributed by atoms with Crippen LogP contribution in [0.3, 0.4) is 0 Å². The molecule has 1 fully saturated rings. The molecule has 0 bridgehead atoms. The lowest BCUT2D eigenvalue weighted by Gasteiger charge is -2.19. The van der Waals surface area contributed by atoms with E-state index in [1.54, 1.807) is 16.0 Å². The van der Waals surface area contributed by atoms with Gasteiger partial charge in [0.05, 0.1) is 4.88 Å². The first kappa shape index (κ1) is 19.3. The van der Waals surface area contributed by atoms with Gasteiger partial charge in [0.2, 0.25) is 5.95 Å². The molecule has 0 unspecified atom stereocenters. The van der Waals surface area contributed by atoms with Gasteiger partial charge in [-0.25, -0.2) is 4.68 Å². The van der Waals surface area contributed by atoms with E-state index in [0.717, 1.165) is 49.5 Å². The maximum absolute atomic E-state index is 12.7. The normalized spacial score (nSPS) is 17.9. The number of fused-ring (bicyclic) bond motifs is 1. The number of hydrogen-bond acceptors (Lipinski definition) is 5. The van der Waals surface area contributed by atoms with E-state index in [2.05, 4.69) is 26.8 Å². The second-order valence-electron chi connectivity index (χ2n) is 7.02. The lowest BCUT2D eigenvalue weighted by molar-refractivity contribution is 0.102. The van der Waals surface area contributed by atoms with E-state index in [0.29, 0.717) is 11.9 Å². The van der Waals surface area contributed by atoms with E-state index in [1.165, 1.54) is 29.7 Å². The molecular weight excluding hydrogens is 370 g/mol. The molecule has 2 aromatic heterocycles. The molecule has 3 heterocycles. The van der Waals surface area contributed by atoms with Gasteiger partial charge in [0, 0.05) is 17.8 Å². The van der Waals surface area contributed by atoms with Crippen LogP contribution in [0.1, 0.15) is 64.0 Å². The van der Waals surface area contributed by atoms with E-state index < -0.39 is 0 Å². The Morgan fingerprint density at radius 2 is 2.04 bits per heavy atom. The van der Waals surface area contributed by atoms with Gasteiger partial charge in [0.15, 0.2) is 5.82 Å². The fourth-order valence-corrected chi connectivity index (χ4v) is 4.86. The smallest absolute Gasteiger partial charge is 0.268 e. The number of aryl methyl sites for hydroxylation is 3. The molecule has 1 amide bonds. The quantitative estimate of drug-likeness (QED) is 0.782. The Bertz CT molecular complexity index is 742. The first-order valence-electron chi connectivity index (χ1n) is 9.25. The van der Waals surface area contributed by atoms with Gasteiger partial charge in [0.25, 0.3) is 5.91 Å². The minimum absolute atomic E-state index is 0. The fourth-order valence-electron chi connectivity index (χ4n) is 3.71. The van der Waals surface area contributed by atoms with Gasteiger partial charge in [-0.1, -0.05) is 6.42 Å². The monoisotopic (exact) mass is 395 g/mol. The molecule has 2 aliphatic rings. The predicted octanol–water partition coefficient (Wildman–Crippen LogP) is 3.29. The number of aromatic nitrogens is 3. The SMILES string of the molecule is Cl.Cn1nc(C2CCNCC2)nc1NC(=O)c1cc2c(s1)CCCCC2. The first-order valence-corrected chi connectivity index (χ1v) is 10.1. The van der Waals surface area contributed by atoms with Crippen LogP contribution in [0.4, 0.5) is 5.95 Å². The van der Waals surface area contributed by atoms with Crippen molar-refractivity contribution in [2.45, 2.75) is 50.9 Å². The molecule has 1 aliphatic heterocycles. The molecule has 2 N–H and O–H groups in total. The number of hydrogen-bond donors (Lipinski definition) is 2. The zero-order valence-corrected chi connectivity index (χ0v) is 16.7. The molecule has 0 saturated carbocycles. The Labute approximate surface area is 164 Å². The molecule has 0 spiro atoms. The lowest BCUT2D eigenvalue weighted by Crippen LogP contribution is -2.27. The van der Waals surface area contributed by atoms with Crippen LogP contribution >= 0.6 is 23.7 Å². The topological polar surface area (TPSA) is 71.8 Å². The third-order valence-corrected chi connectivity index (χ3v) is 6.42. The fraction of sp³-hybridized carbons (Fsp3) is 0.611. The van der Waals surface area contributed by atoms with Crippen molar-refractivity contribution >= 4 is 35.6 Å². The Kier molecular flexibility index (Phi) is 6.32. The number of amides is 1. The third kappa shape index (κ3) is 4.10. The van der Waals surface area contributed by atoms with Gasteiger partial charge >= 0.3 is 0 Å². The molecule has 26 heavy (non-hydrogen) atoms. The van der Waals surface area contributed by atoms with Crippen molar-refractivity contribution in [2.75, 3.05) is 18.4 Å². The zero-order chi connectivity index (χ0) is 17.2. The minimum atomic E-state index is -0.0644.